The van der Waals surface area contributed by atoms with Gasteiger partial charge in [0.2, 0.25) is 0 Å². The molecule has 0 spiro atoms. The van der Waals surface area contributed by atoms with Crippen molar-refractivity contribution in [3.05, 3.63) is 24.3 Å². The van der Waals surface area contributed by atoms with Gasteiger partial charge in [-0.3, -0.25) is 0 Å². The molecule has 0 bridgehead atoms. The predicted octanol–water partition coefficient (Wildman–Crippen LogP) is 2.49. The van der Waals surface area contributed by atoms with Crippen LogP contribution in [-0.2, 0) is 0 Å². The van der Waals surface area contributed by atoms with Gasteiger partial charge in [-0.15, -0.1) is 0 Å². The zero-order valence-electron chi connectivity index (χ0n) is 11.6. The second kappa shape index (κ2) is 5.94. The Morgan fingerprint density at radius 3 is 2.95 bits per heavy atom. The van der Waals surface area contributed by atoms with E-state index in [1.165, 1.54) is 0 Å². The molecule has 0 saturated carbocycles. The summed E-state index contributed by atoms with van der Waals surface area (Å²) >= 11 is 0. The quantitative estimate of drug-likeness (QED) is 0.906. The first-order valence-electron chi connectivity index (χ1n) is 6.69. The average Bonchev–Trinajstić information content (AvgIpc) is 2.62. The molecule has 19 heavy (non-hydrogen) atoms. The van der Waals surface area contributed by atoms with Crippen LogP contribution in [-0.4, -0.2) is 37.7 Å². The van der Waals surface area contributed by atoms with Crippen molar-refractivity contribution in [3.8, 4) is 11.8 Å². The number of nitrogens with one attached hydrogen (secondary N) is 1. The van der Waals surface area contributed by atoms with Gasteiger partial charge in [-0.25, -0.2) is 0 Å². The number of ether oxygens (including phenoxy) is 1. The molecule has 4 nitrogen and oxygen atoms in total. The highest BCUT2D eigenvalue weighted by molar-refractivity contribution is 5.51. The minimum atomic E-state index is -0.461. The zero-order valence-corrected chi connectivity index (χ0v) is 11.6. The van der Waals surface area contributed by atoms with Crippen LogP contribution in [0.3, 0.4) is 0 Å². The van der Waals surface area contributed by atoms with Gasteiger partial charge in [-0.2, -0.15) is 5.26 Å². The van der Waals surface area contributed by atoms with Crippen molar-refractivity contribution < 1.29 is 4.74 Å². The number of anilines is 1. The maximum Gasteiger partial charge on any atom is 0.126 e. The molecule has 0 aliphatic carbocycles. The number of nitriles is 1. The summed E-state index contributed by atoms with van der Waals surface area (Å²) < 4.78 is 5.22. The molecule has 1 atom stereocenters. The summed E-state index contributed by atoms with van der Waals surface area (Å²) in [4.78, 5) is 2.28. The van der Waals surface area contributed by atoms with Gasteiger partial charge in [-0.1, -0.05) is 6.07 Å². The lowest BCUT2D eigenvalue weighted by atomic mass is 9.92. The van der Waals surface area contributed by atoms with E-state index in [9.17, 15) is 5.26 Å². The van der Waals surface area contributed by atoms with Crippen molar-refractivity contribution in [2.45, 2.75) is 24.8 Å². The number of benzene rings is 1. The molecule has 0 amide bonds. The number of methoxy groups -OCH3 is 1. The van der Waals surface area contributed by atoms with Crippen LogP contribution in [0.1, 0.15) is 19.3 Å². The van der Waals surface area contributed by atoms with Crippen LogP contribution < -0.4 is 10.1 Å². The third kappa shape index (κ3) is 3.39. The first kappa shape index (κ1) is 13.7. The highest BCUT2D eigenvalue weighted by atomic mass is 16.5. The van der Waals surface area contributed by atoms with Crippen LogP contribution in [0.2, 0.25) is 0 Å². The first-order valence-corrected chi connectivity index (χ1v) is 6.69. The van der Waals surface area contributed by atoms with E-state index in [4.69, 9.17) is 4.74 Å². The van der Waals surface area contributed by atoms with E-state index < -0.39 is 5.54 Å². The first-order chi connectivity index (χ1) is 9.17. The molecule has 1 N–H and O–H groups in total. The molecule has 102 valence electrons. The molecule has 1 fully saturated rings. The standard InChI is InChI=1S/C15H21N3O/c1-18-9-4-7-15(12-16,8-10-18)17-13-5-3-6-14(11-13)19-2/h3,5-6,11,17H,4,7-10H2,1-2H3. The molecular weight excluding hydrogens is 238 g/mol. The van der Waals surface area contributed by atoms with E-state index in [0.717, 1.165) is 43.8 Å². The summed E-state index contributed by atoms with van der Waals surface area (Å²) in [6.07, 6.45) is 2.77. The van der Waals surface area contributed by atoms with Crippen LogP contribution in [0.25, 0.3) is 0 Å². The molecule has 1 aliphatic rings. The van der Waals surface area contributed by atoms with Gasteiger partial charge in [0.1, 0.15) is 11.3 Å². The highest BCUT2D eigenvalue weighted by Gasteiger charge is 2.31. The maximum absolute atomic E-state index is 9.58. The Balaban J connectivity index is 2.15. The largest absolute Gasteiger partial charge is 0.497 e. The van der Waals surface area contributed by atoms with Gasteiger partial charge in [0.05, 0.1) is 13.2 Å². The molecule has 0 aromatic heterocycles. The van der Waals surface area contributed by atoms with E-state index in [1.807, 2.05) is 24.3 Å². The van der Waals surface area contributed by atoms with Gasteiger partial charge in [-0.05, 0) is 45.0 Å². The highest BCUT2D eigenvalue weighted by Crippen LogP contribution is 2.27. The number of rotatable bonds is 3. The second-order valence-electron chi connectivity index (χ2n) is 5.21. The fourth-order valence-corrected chi connectivity index (χ4v) is 2.51. The van der Waals surface area contributed by atoms with Crippen LogP contribution in [0.15, 0.2) is 24.3 Å². The van der Waals surface area contributed by atoms with E-state index in [2.05, 4.69) is 23.3 Å². The molecule has 4 heteroatoms. The van der Waals surface area contributed by atoms with Gasteiger partial charge >= 0.3 is 0 Å². The van der Waals surface area contributed by atoms with Crippen molar-refractivity contribution in [3.63, 3.8) is 0 Å². The predicted molar refractivity (Wildman–Crippen MR) is 76.3 cm³/mol. The lowest BCUT2D eigenvalue weighted by Gasteiger charge is -2.27. The number of hydrogen-bond acceptors (Lipinski definition) is 4. The summed E-state index contributed by atoms with van der Waals surface area (Å²) in [5, 5.41) is 13.0. The molecule has 1 heterocycles. The van der Waals surface area contributed by atoms with Crippen molar-refractivity contribution >= 4 is 5.69 Å². The van der Waals surface area contributed by atoms with Gasteiger partial charge in [0.15, 0.2) is 0 Å². The van der Waals surface area contributed by atoms with E-state index in [0.29, 0.717) is 0 Å². The van der Waals surface area contributed by atoms with Crippen LogP contribution in [0.4, 0.5) is 5.69 Å². The number of hydrogen-bond donors (Lipinski definition) is 1. The third-order valence-corrected chi connectivity index (χ3v) is 3.73. The summed E-state index contributed by atoms with van der Waals surface area (Å²) in [6, 6.07) is 10.3. The molecule has 1 aromatic rings. The molecular formula is C15H21N3O. The van der Waals surface area contributed by atoms with Crippen molar-refractivity contribution in [1.29, 1.82) is 5.26 Å². The SMILES string of the molecule is COc1cccc(NC2(C#N)CCCN(C)CC2)c1. The number of nitrogens with zero attached hydrogens (tertiary/aromatic N) is 2. The normalized spacial score (nSPS) is 24.3. The minimum Gasteiger partial charge on any atom is -0.497 e. The Morgan fingerprint density at radius 2 is 2.21 bits per heavy atom. The molecule has 0 radical (unpaired) electrons. The maximum atomic E-state index is 9.58. The van der Waals surface area contributed by atoms with E-state index >= 15 is 0 Å². The Morgan fingerprint density at radius 1 is 1.37 bits per heavy atom. The molecule has 2 rings (SSSR count). The molecule has 1 aliphatic heterocycles. The summed E-state index contributed by atoms with van der Waals surface area (Å²) in [5.74, 6) is 0.809. The molecule has 1 aromatic carbocycles. The lowest BCUT2D eigenvalue weighted by Crippen LogP contribution is -2.37. The second-order valence-corrected chi connectivity index (χ2v) is 5.21. The van der Waals surface area contributed by atoms with Crippen LogP contribution in [0, 0.1) is 11.3 Å². The van der Waals surface area contributed by atoms with Crippen molar-refractivity contribution in [2.75, 3.05) is 32.6 Å². The van der Waals surface area contributed by atoms with Crippen molar-refractivity contribution in [1.82, 2.24) is 4.90 Å². The zero-order chi connectivity index (χ0) is 13.7. The smallest absolute Gasteiger partial charge is 0.126 e. The van der Waals surface area contributed by atoms with E-state index in [1.54, 1.807) is 7.11 Å². The lowest BCUT2D eigenvalue weighted by molar-refractivity contribution is 0.345. The van der Waals surface area contributed by atoms with E-state index in [-0.39, 0.29) is 0 Å². The Hall–Kier alpha value is -1.73. The summed E-state index contributed by atoms with van der Waals surface area (Å²) in [5.41, 5.74) is 0.488. The Bertz CT molecular complexity index is 469. The van der Waals surface area contributed by atoms with Gasteiger partial charge in [0, 0.05) is 18.3 Å². The van der Waals surface area contributed by atoms with Crippen LogP contribution >= 0.6 is 0 Å². The van der Waals surface area contributed by atoms with Gasteiger partial charge in [0.25, 0.3) is 0 Å². The summed E-state index contributed by atoms with van der Waals surface area (Å²) in [7, 11) is 3.76. The van der Waals surface area contributed by atoms with Gasteiger partial charge < -0.3 is 15.0 Å². The topological polar surface area (TPSA) is 48.3 Å². The fraction of sp³-hybridized carbons (Fsp3) is 0.533. The minimum absolute atomic E-state index is 0.461. The third-order valence-electron chi connectivity index (χ3n) is 3.73. The Kier molecular flexibility index (Phi) is 4.28. The molecule has 1 unspecified atom stereocenters. The summed E-state index contributed by atoms with van der Waals surface area (Å²) in [6.45, 7) is 2.01. The monoisotopic (exact) mass is 259 g/mol. The average molecular weight is 259 g/mol. The van der Waals surface area contributed by atoms with Crippen molar-refractivity contribution in [2.24, 2.45) is 0 Å². The fourth-order valence-electron chi connectivity index (χ4n) is 2.51. The molecule has 1 saturated heterocycles. The number of likely N-dealkylation sites (tertiary alicyclic amines) is 1. The van der Waals surface area contributed by atoms with Crippen LogP contribution in [0.5, 0.6) is 5.75 Å². The Labute approximate surface area is 115 Å².